The number of nitrogens with two attached hydrogens (primary N) is 1. The molecule has 13 heteroatoms. The van der Waals surface area contributed by atoms with E-state index in [9.17, 15) is 18.0 Å². The van der Waals surface area contributed by atoms with Crippen LogP contribution in [0.15, 0.2) is 53.6 Å². The number of fused-ring (bicyclic) bond motifs is 1. The fourth-order valence-corrected chi connectivity index (χ4v) is 4.33. The molecule has 0 spiro atoms. The Hall–Kier alpha value is -3.25. The van der Waals surface area contributed by atoms with Crippen LogP contribution in [0.2, 0.25) is 5.02 Å². The van der Waals surface area contributed by atoms with E-state index in [4.69, 9.17) is 17.3 Å². The molecule has 0 amide bonds. The van der Waals surface area contributed by atoms with Gasteiger partial charge in [-0.2, -0.15) is 36.7 Å². The molecular weight excluding hydrogens is 491 g/mol. The molecule has 2 N–H and O–H groups in total. The number of hydrogen-bond donors (Lipinski definition) is 1. The lowest BCUT2D eigenvalue weighted by atomic mass is 10.2. The van der Waals surface area contributed by atoms with Crippen molar-refractivity contribution in [2.24, 2.45) is 0 Å². The van der Waals surface area contributed by atoms with E-state index in [-0.39, 0.29) is 35.5 Å². The predicted molar refractivity (Wildman–Crippen MR) is 127 cm³/mol. The minimum absolute atomic E-state index is 0. The van der Waals surface area contributed by atoms with Crippen molar-refractivity contribution in [3.63, 3.8) is 0 Å². The number of halogens is 4. The molecule has 1 saturated heterocycles. The van der Waals surface area contributed by atoms with Crippen LogP contribution in [0, 0.1) is 0 Å². The van der Waals surface area contributed by atoms with E-state index < -0.39 is 23.6 Å². The van der Waals surface area contributed by atoms with Gasteiger partial charge in [0, 0.05) is 18.9 Å². The zero-order valence-corrected chi connectivity index (χ0v) is 19.3. The molecule has 178 valence electrons. The average Bonchev–Trinajstić information content (AvgIpc) is 3.40. The molecule has 0 bridgehead atoms. The van der Waals surface area contributed by atoms with Crippen LogP contribution in [0.25, 0.3) is 11.2 Å². The normalized spacial score (nSPS) is 16.1. The predicted octanol–water partition coefficient (Wildman–Crippen LogP) is 3.98. The molecule has 34 heavy (non-hydrogen) atoms. The van der Waals surface area contributed by atoms with Gasteiger partial charge in [0.05, 0.1) is 16.8 Å². The van der Waals surface area contributed by atoms with Crippen molar-refractivity contribution >= 4 is 42.4 Å². The summed E-state index contributed by atoms with van der Waals surface area (Å²) in [6.07, 6.45) is -1.10. The van der Waals surface area contributed by atoms with Gasteiger partial charge >= 0.3 is 6.18 Å². The molecule has 1 aromatic carbocycles. The fourth-order valence-electron chi connectivity index (χ4n) is 4.11. The fraction of sp³-hybridized carbons (Fsp3) is 0.238. The third-order valence-corrected chi connectivity index (χ3v) is 5.90. The number of nitrogens with zero attached hydrogens (tertiary/aromatic N) is 6. The van der Waals surface area contributed by atoms with E-state index in [0.29, 0.717) is 37.1 Å². The highest BCUT2D eigenvalue weighted by Crippen LogP contribution is 2.37. The maximum atomic E-state index is 13.5. The number of nitrogen functional groups attached to an aromatic ring is 1. The van der Waals surface area contributed by atoms with Crippen molar-refractivity contribution in [3.8, 4) is 5.69 Å². The van der Waals surface area contributed by atoms with Crippen molar-refractivity contribution in [2.75, 3.05) is 17.2 Å². The molecule has 1 aliphatic rings. The quantitative estimate of drug-likeness (QED) is 0.449. The Kier molecular flexibility index (Phi) is 6.21. The molecule has 0 saturated carbocycles. The molecule has 0 unspecified atom stereocenters. The molecule has 4 heterocycles. The van der Waals surface area contributed by atoms with Gasteiger partial charge in [0.25, 0.3) is 5.56 Å². The Morgan fingerprint density at radius 2 is 1.88 bits per heavy atom. The Labute approximate surface area is 203 Å². The number of hydrogen-bond acceptors (Lipinski definition) is 6. The number of para-hydroxylation sites is 1. The van der Waals surface area contributed by atoms with Crippen LogP contribution >= 0.6 is 25.1 Å². The van der Waals surface area contributed by atoms with Crippen LogP contribution in [-0.2, 0) is 6.18 Å². The summed E-state index contributed by atoms with van der Waals surface area (Å²) in [4.78, 5) is 23.0. The summed E-state index contributed by atoms with van der Waals surface area (Å²) in [5, 5.41) is 4.93. The van der Waals surface area contributed by atoms with Crippen LogP contribution in [0.3, 0.4) is 0 Å². The molecule has 5 rings (SSSR count). The number of aromatic nitrogens is 5. The first-order chi connectivity index (χ1) is 15.8. The van der Waals surface area contributed by atoms with Crippen LogP contribution < -0.4 is 16.2 Å². The van der Waals surface area contributed by atoms with Crippen LogP contribution in [0.1, 0.15) is 30.3 Å². The molecule has 8 nitrogen and oxygen atoms in total. The third kappa shape index (κ3) is 3.96. The van der Waals surface area contributed by atoms with E-state index in [1.165, 1.54) is 9.08 Å². The maximum absolute atomic E-state index is 13.5. The Morgan fingerprint density at radius 1 is 1.15 bits per heavy atom. The van der Waals surface area contributed by atoms with Crippen molar-refractivity contribution in [3.05, 3.63) is 75.6 Å². The van der Waals surface area contributed by atoms with Gasteiger partial charge in [-0.05, 0) is 31.0 Å². The highest BCUT2D eigenvalue weighted by atomic mass is 35.5. The molecular formula is C21H19ClF3N7OS. The summed E-state index contributed by atoms with van der Waals surface area (Å²) in [5.41, 5.74) is 4.95. The smallest absolute Gasteiger partial charge is 0.383 e. The Morgan fingerprint density at radius 3 is 2.56 bits per heavy atom. The second kappa shape index (κ2) is 8.84. The van der Waals surface area contributed by atoms with Gasteiger partial charge in [-0.15, -0.1) is 0 Å². The van der Waals surface area contributed by atoms with E-state index in [0.717, 1.165) is 0 Å². The van der Waals surface area contributed by atoms with Gasteiger partial charge in [-0.25, -0.2) is 9.50 Å². The molecule has 1 atom stereocenters. The summed E-state index contributed by atoms with van der Waals surface area (Å²) in [6.45, 7) is 0.463. The highest BCUT2D eigenvalue weighted by molar-refractivity contribution is 7.59. The lowest BCUT2D eigenvalue weighted by Crippen LogP contribution is -2.33. The number of rotatable bonds is 3. The topological polar surface area (TPSA) is 94.3 Å². The number of alkyl halides is 3. The summed E-state index contributed by atoms with van der Waals surface area (Å²) >= 11 is 6.23. The lowest BCUT2D eigenvalue weighted by molar-refractivity contribution is -0.137. The van der Waals surface area contributed by atoms with Crippen LogP contribution in [-0.4, -0.2) is 30.7 Å². The van der Waals surface area contributed by atoms with E-state index in [1.54, 1.807) is 41.4 Å². The van der Waals surface area contributed by atoms with Crippen LogP contribution in [0.4, 0.5) is 24.9 Å². The Balaban J connectivity index is 0.00000274. The maximum Gasteiger partial charge on any atom is 0.421 e. The van der Waals surface area contributed by atoms with Crippen molar-refractivity contribution in [1.29, 1.82) is 0 Å². The first-order valence-electron chi connectivity index (χ1n) is 10.1. The second-order valence-electron chi connectivity index (χ2n) is 7.61. The highest BCUT2D eigenvalue weighted by Gasteiger charge is 2.37. The van der Waals surface area contributed by atoms with Gasteiger partial charge < -0.3 is 10.6 Å². The molecule has 1 fully saturated rings. The third-order valence-electron chi connectivity index (χ3n) is 5.60. The van der Waals surface area contributed by atoms with Crippen molar-refractivity contribution < 1.29 is 13.2 Å². The summed E-state index contributed by atoms with van der Waals surface area (Å²) in [6, 6.07) is 10.1. The lowest BCUT2D eigenvalue weighted by Gasteiger charge is -2.26. The number of benzene rings is 1. The molecule has 0 radical (unpaired) electrons. The SMILES string of the molecule is Nc1nc(N2CCC[C@H]2c2nn3ccc(Cl)c3c(=O)n2-c2ccccc2)ncc1C(F)(F)F.S. The van der Waals surface area contributed by atoms with E-state index in [1.807, 2.05) is 6.07 Å². The minimum Gasteiger partial charge on any atom is -0.383 e. The first-order valence-corrected chi connectivity index (χ1v) is 10.4. The zero-order valence-electron chi connectivity index (χ0n) is 17.5. The van der Waals surface area contributed by atoms with E-state index in [2.05, 4.69) is 15.1 Å². The number of anilines is 2. The van der Waals surface area contributed by atoms with Gasteiger partial charge in [0.2, 0.25) is 5.95 Å². The van der Waals surface area contributed by atoms with Gasteiger partial charge in [-0.1, -0.05) is 29.8 Å². The largest absolute Gasteiger partial charge is 0.421 e. The molecule has 0 aliphatic carbocycles. The molecule has 1 aliphatic heterocycles. The summed E-state index contributed by atoms with van der Waals surface area (Å²) < 4.78 is 42.2. The summed E-state index contributed by atoms with van der Waals surface area (Å²) in [7, 11) is 0. The van der Waals surface area contributed by atoms with Crippen molar-refractivity contribution in [1.82, 2.24) is 24.1 Å². The van der Waals surface area contributed by atoms with Crippen molar-refractivity contribution in [2.45, 2.75) is 25.1 Å². The minimum atomic E-state index is -4.65. The first kappa shape index (κ1) is 23.9. The monoisotopic (exact) mass is 509 g/mol. The van der Waals surface area contributed by atoms with E-state index >= 15 is 0 Å². The average molecular weight is 510 g/mol. The molecule has 4 aromatic rings. The standard InChI is InChI=1S/C21H17ClF3N7O.H2S/c22-14-8-10-31-16(14)19(33)32(12-5-2-1-3-6-12)18(29-31)15-7-4-9-30(15)20-27-11-13(17(26)28-20)21(23,24)25;/h1-3,5-6,8,10-11,15H,4,7,9H2,(H2,26,27,28);1H2/t15-;/m0./s1. The zero-order chi connectivity index (χ0) is 23.3. The van der Waals surface area contributed by atoms with Crippen LogP contribution in [0.5, 0.6) is 0 Å². The molecule has 3 aromatic heterocycles. The summed E-state index contributed by atoms with van der Waals surface area (Å²) in [5.74, 6) is -0.216. The Bertz CT molecular complexity index is 1410. The van der Waals surface area contributed by atoms with Gasteiger partial charge in [0.15, 0.2) is 5.82 Å². The van der Waals surface area contributed by atoms with Gasteiger partial charge in [-0.3, -0.25) is 9.36 Å². The second-order valence-corrected chi connectivity index (χ2v) is 8.02. The van der Waals surface area contributed by atoms with Gasteiger partial charge in [0.1, 0.15) is 16.9 Å².